The van der Waals surface area contributed by atoms with Gasteiger partial charge in [0.1, 0.15) is 0 Å². The van der Waals surface area contributed by atoms with Crippen molar-refractivity contribution in [2.75, 3.05) is 45.5 Å². The van der Waals surface area contributed by atoms with Crippen LogP contribution in [0.5, 0.6) is 11.8 Å². The van der Waals surface area contributed by atoms with Gasteiger partial charge >= 0.3 is 0 Å². The van der Waals surface area contributed by atoms with Crippen molar-refractivity contribution in [1.29, 1.82) is 0 Å². The Balaban J connectivity index is 2.29. The maximum Gasteiger partial charge on any atom is 0.232 e. The summed E-state index contributed by atoms with van der Waals surface area (Å²) in [6.45, 7) is 1.66. The number of anilines is 1. The molecule has 0 amide bonds. The van der Waals surface area contributed by atoms with E-state index in [1.54, 1.807) is 6.07 Å². The van der Waals surface area contributed by atoms with E-state index in [1.807, 2.05) is 4.90 Å². The van der Waals surface area contributed by atoms with Crippen LogP contribution in [0.2, 0.25) is 0 Å². The van der Waals surface area contributed by atoms with E-state index in [0.717, 1.165) is 0 Å². The zero-order valence-corrected chi connectivity index (χ0v) is 10.5. The summed E-state index contributed by atoms with van der Waals surface area (Å²) < 4.78 is 15.5. The Labute approximate surface area is 105 Å². The third-order valence-corrected chi connectivity index (χ3v) is 2.78. The van der Waals surface area contributed by atoms with Gasteiger partial charge < -0.3 is 24.2 Å². The molecule has 2 rings (SSSR count). The highest BCUT2D eigenvalue weighted by atomic mass is 16.5. The minimum atomic E-state index is -0.143. The summed E-state index contributed by atoms with van der Waals surface area (Å²) in [5.74, 6) is 1.34. The summed E-state index contributed by atoms with van der Waals surface area (Å²) in [4.78, 5) is 10.4. The Morgan fingerprint density at radius 2 is 2.06 bits per heavy atom. The first kappa shape index (κ1) is 12.8. The number of rotatable bonds is 4. The van der Waals surface area contributed by atoms with Gasteiger partial charge in [0.15, 0.2) is 0 Å². The van der Waals surface area contributed by atoms with Crippen molar-refractivity contribution in [2.24, 2.45) is 0 Å². The van der Waals surface area contributed by atoms with Crippen LogP contribution >= 0.6 is 0 Å². The fraction of sp³-hybridized carbons (Fsp3) is 0.636. The first-order chi connectivity index (χ1) is 8.78. The van der Waals surface area contributed by atoms with E-state index in [0.29, 0.717) is 37.5 Å². The monoisotopic (exact) mass is 255 g/mol. The third kappa shape index (κ3) is 2.62. The number of hydrogen-bond donors (Lipinski definition) is 1. The number of ether oxygens (including phenoxy) is 3. The molecule has 0 aromatic carbocycles. The van der Waals surface area contributed by atoms with Crippen molar-refractivity contribution >= 4 is 5.95 Å². The lowest BCUT2D eigenvalue weighted by Gasteiger charge is -2.34. The van der Waals surface area contributed by atoms with Crippen LogP contribution < -0.4 is 14.4 Å². The smallest absolute Gasteiger partial charge is 0.232 e. The fourth-order valence-corrected chi connectivity index (χ4v) is 1.80. The second kappa shape index (κ2) is 5.83. The van der Waals surface area contributed by atoms with Crippen LogP contribution in [-0.4, -0.2) is 61.7 Å². The third-order valence-electron chi connectivity index (χ3n) is 2.78. The van der Waals surface area contributed by atoms with E-state index in [4.69, 9.17) is 14.2 Å². The summed E-state index contributed by atoms with van der Waals surface area (Å²) in [5, 5.41) is 9.34. The second-order valence-corrected chi connectivity index (χ2v) is 3.86. The number of aromatic nitrogens is 2. The maximum atomic E-state index is 9.34. The fourth-order valence-electron chi connectivity index (χ4n) is 1.80. The minimum Gasteiger partial charge on any atom is -0.481 e. The number of aliphatic hydroxyl groups excluding tert-OH is 1. The molecule has 100 valence electrons. The molecule has 0 bridgehead atoms. The van der Waals surface area contributed by atoms with Crippen molar-refractivity contribution < 1.29 is 19.3 Å². The van der Waals surface area contributed by atoms with Crippen LogP contribution in [0.1, 0.15) is 0 Å². The van der Waals surface area contributed by atoms with Gasteiger partial charge in [-0.1, -0.05) is 0 Å². The quantitative estimate of drug-likeness (QED) is 0.790. The van der Waals surface area contributed by atoms with E-state index in [2.05, 4.69) is 9.97 Å². The SMILES string of the molecule is COc1cc(OC)nc(N2CCOCC2CO)n1. The van der Waals surface area contributed by atoms with Gasteiger partial charge in [0.25, 0.3) is 0 Å². The molecule has 0 spiro atoms. The van der Waals surface area contributed by atoms with Gasteiger partial charge in [0.05, 0.1) is 46.1 Å². The highest BCUT2D eigenvalue weighted by molar-refractivity contribution is 5.38. The average molecular weight is 255 g/mol. The summed E-state index contributed by atoms with van der Waals surface area (Å²) in [6, 6.07) is 1.47. The first-order valence-electron chi connectivity index (χ1n) is 5.70. The molecule has 0 aliphatic carbocycles. The van der Waals surface area contributed by atoms with Gasteiger partial charge in [-0.05, 0) is 0 Å². The van der Waals surface area contributed by atoms with Crippen LogP contribution in [0, 0.1) is 0 Å². The molecule has 1 aliphatic rings. The maximum absolute atomic E-state index is 9.34. The average Bonchev–Trinajstić information content (AvgIpc) is 2.46. The largest absolute Gasteiger partial charge is 0.481 e. The van der Waals surface area contributed by atoms with Gasteiger partial charge in [0, 0.05) is 6.54 Å². The summed E-state index contributed by atoms with van der Waals surface area (Å²) in [6.07, 6.45) is 0. The molecule has 1 atom stereocenters. The van der Waals surface area contributed by atoms with Gasteiger partial charge in [-0.15, -0.1) is 0 Å². The van der Waals surface area contributed by atoms with Gasteiger partial charge in [-0.25, -0.2) is 0 Å². The van der Waals surface area contributed by atoms with Gasteiger partial charge in [0.2, 0.25) is 17.7 Å². The molecule has 2 heterocycles. The Bertz CT molecular complexity index is 380. The Morgan fingerprint density at radius 1 is 1.39 bits per heavy atom. The lowest BCUT2D eigenvalue weighted by molar-refractivity contribution is 0.0716. The molecular formula is C11H17N3O4. The van der Waals surface area contributed by atoms with Crippen LogP contribution in [0.25, 0.3) is 0 Å². The summed E-state index contributed by atoms with van der Waals surface area (Å²) >= 11 is 0. The highest BCUT2D eigenvalue weighted by Gasteiger charge is 2.25. The molecule has 1 unspecified atom stereocenters. The molecule has 7 heteroatoms. The topological polar surface area (TPSA) is 76.9 Å². The van der Waals surface area contributed by atoms with Crippen LogP contribution in [-0.2, 0) is 4.74 Å². The molecule has 1 aliphatic heterocycles. The van der Waals surface area contributed by atoms with Crippen molar-refractivity contribution in [3.8, 4) is 11.8 Å². The number of aliphatic hydroxyl groups is 1. The molecule has 1 N–H and O–H groups in total. The predicted molar refractivity (Wildman–Crippen MR) is 64.2 cm³/mol. The van der Waals surface area contributed by atoms with Crippen molar-refractivity contribution in [3.05, 3.63) is 6.07 Å². The Kier molecular flexibility index (Phi) is 4.16. The zero-order chi connectivity index (χ0) is 13.0. The molecule has 18 heavy (non-hydrogen) atoms. The number of nitrogens with zero attached hydrogens (tertiary/aromatic N) is 3. The van der Waals surface area contributed by atoms with E-state index in [9.17, 15) is 5.11 Å². The molecule has 1 saturated heterocycles. The van der Waals surface area contributed by atoms with Crippen LogP contribution in [0.3, 0.4) is 0 Å². The molecule has 1 aromatic rings. The molecule has 1 aromatic heterocycles. The normalized spacial score (nSPS) is 19.7. The van der Waals surface area contributed by atoms with Crippen LogP contribution in [0.15, 0.2) is 6.07 Å². The zero-order valence-electron chi connectivity index (χ0n) is 10.5. The van der Waals surface area contributed by atoms with Crippen molar-refractivity contribution in [2.45, 2.75) is 6.04 Å². The molecule has 0 radical (unpaired) electrons. The van der Waals surface area contributed by atoms with Crippen molar-refractivity contribution in [3.63, 3.8) is 0 Å². The molecule has 7 nitrogen and oxygen atoms in total. The standard InChI is InChI=1S/C11H17N3O4/c1-16-9-5-10(17-2)13-11(12-9)14-3-4-18-7-8(14)6-15/h5,8,15H,3-4,6-7H2,1-2H3. The van der Waals surface area contributed by atoms with Crippen molar-refractivity contribution in [1.82, 2.24) is 9.97 Å². The highest BCUT2D eigenvalue weighted by Crippen LogP contribution is 2.22. The van der Waals surface area contributed by atoms with Gasteiger partial charge in [-0.2, -0.15) is 9.97 Å². The molecular weight excluding hydrogens is 238 g/mol. The van der Waals surface area contributed by atoms with E-state index < -0.39 is 0 Å². The second-order valence-electron chi connectivity index (χ2n) is 3.86. The number of morpholine rings is 1. The lowest BCUT2D eigenvalue weighted by atomic mass is 10.2. The molecule has 0 saturated carbocycles. The summed E-state index contributed by atoms with van der Waals surface area (Å²) in [5.41, 5.74) is 0. The summed E-state index contributed by atoms with van der Waals surface area (Å²) in [7, 11) is 3.07. The minimum absolute atomic E-state index is 0.0110. The Morgan fingerprint density at radius 3 is 2.61 bits per heavy atom. The lowest BCUT2D eigenvalue weighted by Crippen LogP contribution is -2.48. The Hall–Kier alpha value is -1.60. The van der Waals surface area contributed by atoms with E-state index in [-0.39, 0.29) is 12.6 Å². The number of methoxy groups -OCH3 is 2. The van der Waals surface area contributed by atoms with E-state index in [1.165, 1.54) is 14.2 Å². The van der Waals surface area contributed by atoms with E-state index >= 15 is 0 Å². The number of hydrogen-bond acceptors (Lipinski definition) is 7. The van der Waals surface area contributed by atoms with Crippen LogP contribution in [0.4, 0.5) is 5.95 Å². The predicted octanol–water partition coefficient (Wildman–Crippen LogP) is -0.309. The molecule has 1 fully saturated rings. The first-order valence-corrected chi connectivity index (χ1v) is 5.70. The van der Waals surface area contributed by atoms with Gasteiger partial charge in [-0.3, -0.25) is 0 Å².